The number of hydrogen-bond donors (Lipinski definition) is 1. The first-order chi connectivity index (χ1) is 8.92. The van der Waals surface area contributed by atoms with Crippen molar-refractivity contribution >= 4 is 5.69 Å². The van der Waals surface area contributed by atoms with Crippen molar-refractivity contribution in [2.45, 2.75) is 6.54 Å². The van der Waals surface area contributed by atoms with Crippen LogP contribution in [0.5, 0.6) is 0 Å². The highest BCUT2D eigenvalue weighted by molar-refractivity contribution is 5.46. The number of anilines is 1. The Morgan fingerprint density at radius 3 is 2.50 bits per heavy atom. The molecule has 0 atom stereocenters. The summed E-state index contributed by atoms with van der Waals surface area (Å²) in [6.07, 6.45) is 1.99. The Labute approximate surface area is 108 Å². The zero-order valence-electron chi connectivity index (χ0n) is 10.5. The van der Waals surface area contributed by atoms with Crippen molar-refractivity contribution in [2.24, 2.45) is 0 Å². The second-order valence-electron chi connectivity index (χ2n) is 4.72. The average Bonchev–Trinajstić information content (AvgIpc) is 2.94. The van der Waals surface area contributed by atoms with Gasteiger partial charge in [-0.25, -0.2) is 0 Å². The molecular formula is C15H18N3. The predicted octanol–water partition coefficient (Wildman–Crippen LogP) is 2.14. The molecule has 1 fully saturated rings. The fourth-order valence-corrected chi connectivity index (χ4v) is 2.46. The molecule has 1 aliphatic rings. The first kappa shape index (κ1) is 11.4. The van der Waals surface area contributed by atoms with Gasteiger partial charge in [0.25, 0.3) is 0 Å². The molecule has 0 saturated carbocycles. The van der Waals surface area contributed by atoms with Gasteiger partial charge in [0, 0.05) is 50.3 Å². The summed E-state index contributed by atoms with van der Waals surface area (Å²) in [5.74, 6) is 0. The van der Waals surface area contributed by atoms with Crippen molar-refractivity contribution in [1.82, 2.24) is 9.88 Å². The van der Waals surface area contributed by atoms with Crippen LogP contribution in [0.25, 0.3) is 0 Å². The molecule has 1 saturated heterocycles. The molecule has 1 radical (unpaired) electrons. The lowest BCUT2D eigenvalue weighted by molar-refractivity contribution is 0.247. The van der Waals surface area contributed by atoms with Crippen LogP contribution >= 0.6 is 0 Å². The fraction of sp³-hybridized carbons (Fsp3) is 0.333. The molecule has 0 bridgehead atoms. The molecule has 0 unspecified atom stereocenters. The lowest BCUT2D eigenvalue weighted by Gasteiger charge is -2.35. The summed E-state index contributed by atoms with van der Waals surface area (Å²) in [5.41, 5.74) is 2.62. The number of aromatic amines is 1. The van der Waals surface area contributed by atoms with Crippen LogP contribution in [0.1, 0.15) is 5.69 Å². The summed E-state index contributed by atoms with van der Waals surface area (Å²) in [6, 6.07) is 15.5. The van der Waals surface area contributed by atoms with Crippen LogP contribution in [-0.2, 0) is 6.54 Å². The molecule has 1 aliphatic heterocycles. The van der Waals surface area contributed by atoms with Gasteiger partial charge in [-0.05, 0) is 30.3 Å². The Morgan fingerprint density at radius 2 is 1.83 bits per heavy atom. The highest BCUT2D eigenvalue weighted by Gasteiger charge is 2.17. The molecule has 0 aliphatic carbocycles. The largest absolute Gasteiger partial charge is 0.369 e. The van der Waals surface area contributed by atoms with E-state index in [1.807, 2.05) is 18.3 Å². The summed E-state index contributed by atoms with van der Waals surface area (Å²) < 4.78 is 0. The van der Waals surface area contributed by atoms with Gasteiger partial charge in [0.05, 0.1) is 0 Å². The van der Waals surface area contributed by atoms with E-state index in [4.69, 9.17) is 0 Å². The molecule has 2 aromatic rings. The fourth-order valence-electron chi connectivity index (χ4n) is 2.46. The molecule has 0 spiro atoms. The van der Waals surface area contributed by atoms with Gasteiger partial charge < -0.3 is 9.88 Å². The molecule has 3 nitrogen and oxygen atoms in total. The molecular weight excluding hydrogens is 222 g/mol. The van der Waals surface area contributed by atoms with E-state index < -0.39 is 0 Å². The maximum Gasteiger partial charge on any atom is 0.0386 e. The van der Waals surface area contributed by atoms with Crippen molar-refractivity contribution < 1.29 is 0 Å². The van der Waals surface area contributed by atoms with Gasteiger partial charge >= 0.3 is 0 Å². The van der Waals surface area contributed by atoms with Crippen LogP contribution in [0.4, 0.5) is 5.69 Å². The van der Waals surface area contributed by atoms with Gasteiger partial charge in [0.1, 0.15) is 0 Å². The van der Waals surface area contributed by atoms with E-state index in [1.165, 1.54) is 11.4 Å². The van der Waals surface area contributed by atoms with Crippen LogP contribution < -0.4 is 4.90 Å². The summed E-state index contributed by atoms with van der Waals surface area (Å²) in [5, 5.41) is 0. The third kappa shape index (κ3) is 2.57. The first-order valence-corrected chi connectivity index (χ1v) is 6.47. The van der Waals surface area contributed by atoms with Crippen LogP contribution in [0.2, 0.25) is 0 Å². The number of H-pyrrole nitrogens is 1. The molecule has 18 heavy (non-hydrogen) atoms. The Kier molecular flexibility index (Phi) is 3.33. The third-order valence-corrected chi connectivity index (χ3v) is 3.49. The van der Waals surface area contributed by atoms with Crippen molar-refractivity contribution in [3.05, 3.63) is 54.4 Å². The van der Waals surface area contributed by atoms with Gasteiger partial charge in [-0.1, -0.05) is 12.1 Å². The van der Waals surface area contributed by atoms with Crippen LogP contribution in [-0.4, -0.2) is 36.1 Å². The van der Waals surface area contributed by atoms with Crippen LogP contribution in [0, 0.1) is 6.07 Å². The number of hydrogen-bond acceptors (Lipinski definition) is 2. The van der Waals surface area contributed by atoms with E-state index in [0.717, 1.165) is 32.7 Å². The Bertz CT molecular complexity index is 456. The minimum atomic E-state index is 1.03. The quantitative estimate of drug-likeness (QED) is 0.888. The number of aromatic nitrogens is 1. The molecule has 1 aromatic carbocycles. The highest BCUT2D eigenvalue weighted by atomic mass is 15.3. The van der Waals surface area contributed by atoms with Gasteiger partial charge in [0.15, 0.2) is 0 Å². The van der Waals surface area contributed by atoms with E-state index in [9.17, 15) is 0 Å². The lowest BCUT2D eigenvalue weighted by Crippen LogP contribution is -2.46. The molecule has 3 rings (SSSR count). The van der Waals surface area contributed by atoms with E-state index >= 15 is 0 Å². The maximum absolute atomic E-state index is 3.27. The normalized spacial score (nSPS) is 17.0. The molecule has 93 valence electrons. The SMILES string of the molecule is [c]1ccc(N2CCN(Cc3ccc[nH]3)CC2)cc1. The van der Waals surface area contributed by atoms with Crippen molar-refractivity contribution in [3.8, 4) is 0 Å². The predicted molar refractivity (Wildman–Crippen MR) is 73.6 cm³/mol. The smallest absolute Gasteiger partial charge is 0.0386 e. The Hall–Kier alpha value is -1.74. The molecule has 1 N–H and O–H groups in total. The number of nitrogens with zero attached hydrogens (tertiary/aromatic N) is 2. The van der Waals surface area contributed by atoms with E-state index in [2.05, 4.69) is 45.1 Å². The topological polar surface area (TPSA) is 22.3 Å². The Morgan fingerprint density at radius 1 is 1.06 bits per heavy atom. The summed E-state index contributed by atoms with van der Waals surface area (Å²) in [4.78, 5) is 8.21. The van der Waals surface area contributed by atoms with E-state index in [-0.39, 0.29) is 0 Å². The van der Waals surface area contributed by atoms with Crippen molar-refractivity contribution in [3.63, 3.8) is 0 Å². The Balaban J connectivity index is 1.55. The van der Waals surface area contributed by atoms with Crippen LogP contribution in [0.15, 0.2) is 42.6 Å². The zero-order valence-corrected chi connectivity index (χ0v) is 10.5. The lowest BCUT2D eigenvalue weighted by atomic mass is 10.2. The highest BCUT2D eigenvalue weighted by Crippen LogP contribution is 2.16. The van der Waals surface area contributed by atoms with Gasteiger partial charge in [-0.3, -0.25) is 4.90 Å². The summed E-state index contributed by atoms with van der Waals surface area (Å²) in [6.45, 7) is 5.48. The van der Waals surface area contributed by atoms with Crippen molar-refractivity contribution in [2.75, 3.05) is 31.1 Å². The minimum Gasteiger partial charge on any atom is -0.369 e. The number of benzene rings is 1. The van der Waals surface area contributed by atoms with Crippen LogP contribution in [0.3, 0.4) is 0 Å². The summed E-state index contributed by atoms with van der Waals surface area (Å²) in [7, 11) is 0. The average molecular weight is 240 g/mol. The maximum atomic E-state index is 3.27. The molecule has 1 aromatic heterocycles. The number of piperazine rings is 1. The second kappa shape index (κ2) is 5.27. The van der Waals surface area contributed by atoms with E-state index in [1.54, 1.807) is 0 Å². The van der Waals surface area contributed by atoms with Gasteiger partial charge in [-0.2, -0.15) is 0 Å². The second-order valence-corrected chi connectivity index (χ2v) is 4.72. The monoisotopic (exact) mass is 240 g/mol. The summed E-state index contributed by atoms with van der Waals surface area (Å²) >= 11 is 0. The molecule has 2 heterocycles. The first-order valence-electron chi connectivity index (χ1n) is 6.47. The standard InChI is InChI=1S/C15H18N3/c1-2-6-15(7-3-1)18-11-9-17(10-12-18)13-14-5-4-8-16-14/h2-8,16H,9-13H2. The van der Waals surface area contributed by atoms with Crippen molar-refractivity contribution in [1.29, 1.82) is 0 Å². The zero-order chi connectivity index (χ0) is 12.2. The van der Waals surface area contributed by atoms with Gasteiger partial charge in [0.2, 0.25) is 0 Å². The van der Waals surface area contributed by atoms with Gasteiger partial charge in [-0.15, -0.1) is 0 Å². The van der Waals surface area contributed by atoms with E-state index in [0.29, 0.717) is 0 Å². The molecule has 0 amide bonds. The third-order valence-electron chi connectivity index (χ3n) is 3.49. The molecule has 3 heteroatoms. The minimum absolute atomic E-state index is 1.03. The number of rotatable bonds is 3. The number of nitrogens with one attached hydrogen (secondary N) is 1.